The Morgan fingerprint density at radius 3 is 2.28 bits per heavy atom. The monoisotopic (exact) mass is 401 g/mol. The topological polar surface area (TPSA) is 87.3 Å². The number of hydrogen-bond acceptors (Lipinski definition) is 3. The minimum absolute atomic E-state index is 0.0112. The van der Waals surface area contributed by atoms with Crippen molar-refractivity contribution in [3.8, 4) is 0 Å². The summed E-state index contributed by atoms with van der Waals surface area (Å²) in [6.07, 6.45) is 0. The molecular weight excluding hydrogens is 385 g/mol. The lowest BCUT2D eigenvalue weighted by Gasteiger charge is -2.10. The van der Waals surface area contributed by atoms with Gasteiger partial charge in [0.05, 0.1) is 5.75 Å². The van der Waals surface area contributed by atoms with Crippen LogP contribution >= 0.6 is 23.2 Å². The molecule has 0 saturated carbocycles. The summed E-state index contributed by atoms with van der Waals surface area (Å²) in [6, 6.07) is 11.0. The Balaban J connectivity index is 1.90. The molecule has 2 amide bonds. The summed E-state index contributed by atoms with van der Waals surface area (Å²) in [4.78, 5) is 11.9. The van der Waals surface area contributed by atoms with Gasteiger partial charge in [0, 0.05) is 28.0 Å². The van der Waals surface area contributed by atoms with Crippen LogP contribution in [0.1, 0.15) is 12.5 Å². The molecule has 0 heterocycles. The third-order valence-corrected chi connectivity index (χ3v) is 5.14. The van der Waals surface area contributed by atoms with Crippen molar-refractivity contribution < 1.29 is 13.2 Å². The number of urea groups is 1. The van der Waals surface area contributed by atoms with Gasteiger partial charge in [0.2, 0.25) is 10.0 Å². The lowest BCUT2D eigenvalue weighted by atomic mass is 10.2. The van der Waals surface area contributed by atoms with Gasteiger partial charge in [-0.1, -0.05) is 29.3 Å². The first-order valence-corrected chi connectivity index (χ1v) is 9.79. The Hall–Kier alpha value is -1.96. The molecule has 6 nitrogen and oxygen atoms in total. The number of amides is 2. The molecule has 0 bridgehead atoms. The van der Waals surface area contributed by atoms with E-state index in [0.717, 1.165) is 5.56 Å². The first-order chi connectivity index (χ1) is 11.8. The number of hydrogen-bond donors (Lipinski definition) is 3. The Morgan fingerprint density at radius 2 is 1.68 bits per heavy atom. The first-order valence-electron chi connectivity index (χ1n) is 7.38. The van der Waals surface area contributed by atoms with Gasteiger partial charge in [0.25, 0.3) is 0 Å². The van der Waals surface area contributed by atoms with Gasteiger partial charge in [-0.2, -0.15) is 0 Å². The zero-order valence-corrected chi connectivity index (χ0v) is 15.7. The molecule has 0 fully saturated rings. The van der Waals surface area contributed by atoms with E-state index in [0.29, 0.717) is 21.4 Å². The van der Waals surface area contributed by atoms with Gasteiger partial charge in [0.15, 0.2) is 0 Å². The van der Waals surface area contributed by atoms with E-state index in [4.69, 9.17) is 23.2 Å². The molecule has 9 heteroatoms. The predicted octanol–water partition coefficient (Wildman–Crippen LogP) is 4.08. The quantitative estimate of drug-likeness (QED) is 0.681. The third-order valence-electron chi connectivity index (χ3n) is 3.25. The Bertz CT molecular complexity index is 855. The van der Waals surface area contributed by atoms with E-state index in [-0.39, 0.29) is 12.3 Å². The summed E-state index contributed by atoms with van der Waals surface area (Å²) in [5.41, 5.74) is 1.70. The van der Waals surface area contributed by atoms with E-state index < -0.39 is 16.1 Å². The number of sulfonamides is 1. The van der Waals surface area contributed by atoms with Gasteiger partial charge < -0.3 is 10.6 Å². The second-order valence-corrected chi connectivity index (χ2v) is 7.98. The molecule has 2 rings (SSSR count). The van der Waals surface area contributed by atoms with E-state index in [1.54, 1.807) is 49.4 Å². The fraction of sp³-hybridized carbons (Fsp3) is 0.188. The number of rotatable bonds is 6. The summed E-state index contributed by atoms with van der Waals surface area (Å²) < 4.78 is 25.4. The summed E-state index contributed by atoms with van der Waals surface area (Å²) in [7, 11) is -3.33. The molecule has 25 heavy (non-hydrogen) atoms. The predicted molar refractivity (Wildman–Crippen MR) is 102 cm³/mol. The fourth-order valence-corrected chi connectivity index (χ4v) is 3.00. The molecule has 0 spiro atoms. The highest BCUT2D eigenvalue weighted by Crippen LogP contribution is 2.21. The minimum atomic E-state index is -3.33. The van der Waals surface area contributed by atoms with Crippen LogP contribution in [0.25, 0.3) is 0 Å². The largest absolute Gasteiger partial charge is 0.334 e. The smallest absolute Gasteiger partial charge is 0.319 e. The number of halogens is 2. The summed E-state index contributed by atoms with van der Waals surface area (Å²) in [5, 5.41) is 6.33. The molecule has 2 aromatic carbocycles. The highest BCUT2D eigenvalue weighted by Gasteiger charge is 2.08. The fourth-order valence-electron chi connectivity index (χ4n) is 1.89. The maximum Gasteiger partial charge on any atom is 0.319 e. The van der Waals surface area contributed by atoms with Crippen LogP contribution in [-0.2, 0) is 16.6 Å². The summed E-state index contributed by atoms with van der Waals surface area (Å²) in [6.45, 7) is 1.80. The molecule has 0 aliphatic rings. The Kier molecular flexibility index (Phi) is 6.52. The second-order valence-electron chi connectivity index (χ2n) is 5.13. The molecular formula is C16H17Cl2N3O3S. The highest BCUT2D eigenvalue weighted by atomic mass is 35.5. The normalized spacial score (nSPS) is 11.0. The van der Waals surface area contributed by atoms with Crippen molar-refractivity contribution in [2.24, 2.45) is 0 Å². The van der Waals surface area contributed by atoms with Gasteiger partial charge in [-0.25, -0.2) is 13.2 Å². The summed E-state index contributed by atoms with van der Waals surface area (Å²) >= 11 is 11.9. The molecule has 0 saturated heterocycles. The molecule has 0 unspecified atom stereocenters. The summed E-state index contributed by atoms with van der Waals surface area (Å²) in [5.74, 6) is -0.0112. The van der Waals surface area contributed by atoms with Gasteiger partial charge in [-0.15, -0.1) is 0 Å². The van der Waals surface area contributed by atoms with Crippen LogP contribution in [0.15, 0.2) is 42.5 Å². The SMILES string of the molecule is CCS(=O)(=O)Nc1ccc(NC(=O)NCc2ccc(Cl)cc2Cl)cc1. The second kappa shape index (κ2) is 8.42. The van der Waals surface area contributed by atoms with Crippen molar-refractivity contribution in [1.82, 2.24) is 5.32 Å². The van der Waals surface area contributed by atoms with Gasteiger partial charge in [-0.05, 0) is 48.9 Å². The molecule has 0 aromatic heterocycles. The van der Waals surface area contributed by atoms with Crippen LogP contribution < -0.4 is 15.4 Å². The van der Waals surface area contributed by atoms with E-state index in [1.165, 1.54) is 0 Å². The standard InChI is InChI=1S/C16H17Cl2N3O3S/c1-2-25(23,24)21-14-7-5-13(6-8-14)20-16(22)19-10-11-3-4-12(17)9-15(11)18/h3-9,21H,2,10H2,1H3,(H2,19,20,22). The minimum Gasteiger partial charge on any atom is -0.334 e. The maximum absolute atomic E-state index is 11.9. The van der Waals surface area contributed by atoms with E-state index in [9.17, 15) is 13.2 Å². The van der Waals surface area contributed by atoms with Crippen LogP contribution in [0.5, 0.6) is 0 Å². The maximum atomic E-state index is 11.9. The van der Waals surface area contributed by atoms with Crippen molar-refractivity contribution in [3.05, 3.63) is 58.1 Å². The van der Waals surface area contributed by atoms with Crippen LogP contribution in [0.2, 0.25) is 10.0 Å². The van der Waals surface area contributed by atoms with Gasteiger partial charge in [0.1, 0.15) is 0 Å². The molecule has 2 aromatic rings. The number of nitrogens with one attached hydrogen (secondary N) is 3. The van der Waals surface area contributed by atoms with Crippen molar-refractivity contribution in [3.63, 3.8) is 0 Å². The molecule has 0 aliphatic heterocycles. The number of benzene rings is 2. The lowest BCUT2D eigenvalue weighted by molar-refractivity contribution is 0.251. The van der Waals surface area contributed by atoms with E-state index in [1.807, 2.05) is 0 Å². The average Bonchev–Trinajstić information content (AvgIpc) is 2.56. The molecule has 0 aliphatic carbocycles. The Labute approximate surface area is 156 Å². The first kappa shape index (κ1) is 19.4. The van der Waals surface area contributed by atoms with Crippen LogP contribution in [0, 0.1) is 0 Å². The van der Waals surface area contributed by atoms with Gasteiger partial charge in [-0.3, -0.25) is 4.72 Å². The molecule has 134 valence electrons. The zero-order chi connectivity index (χ0) is 18.4. The van der Waals surface area contributed by atoms with Crippen molar-refractivity contribution >= 4 is 50.6 Å². The molecule has 3 N–H and O–H groups in total. The van der Waals surface area contributed by atoms with Crippen LogP contribution in [0.4, 0.5) is 16.2 Å². The van der Waals surface area contributed by atoms with E-state index >= 15 is 0 Å². The third kappa shape index (κ3) is 6.12. The molecule has 0 radical (unpaired) electrons. The van der Waals surface area contributed by atoms with Crippen molar-refractivity contribution in [2.75, 3.05) is 15.8 Å². The Morgan fingerprint density at radius 1 is 1.04 bits per heavy atom. The molecule has 0 atom stereocenters. The van der Waals surface area contributed by atoms with Crippen molar-refractivity contribution in [1.29, 1.82) is 0 Å². The number of anilines is 2. The number of carbonyl (C=O) groups excluding carboxylic acids is 1. The zero-order valence-electron chi connectivity index (χ0n) is 13.3. The lowest BCUT2D eigenvalue weighted by Crippen LogP contribution is -2.28. The van der Waals surface area contributed by atoms with Gasteiger partial charge >= 0.3 is 6.03 Å². The van der Waals surface area contributed by atoms with Crippen molar-refractivity contribution in [2.45, 2.75) is 13.5 Å². The van der Waals surface area contributed by atoms with Crippen LogP contribution in [-0.4, -0.2) is 20.2 Å². The number of carbonyl (C=O) groups is 1. The average molecular weight is 402 g/mol. The van der Waals surface area contributed by atoms with E-state index in [2.05, 4.69) is 15.4 Å². The van der Waals surface area contributed by atoms with Crippen LogP contribution in [0.3, 0.4) is 0 Å². The highest BCUT2D eigenvalue weighted by molar-refractivity contribution is 7.92.